The van der Waals surface area contributed by atoms with Crippen LogP contribution in [0, 0.1) is 6.92 Å². The third-order valence-corrected chi connectivity index (χ3v) is 2.87. The molecule has 2 aromatic heterocycles. The Morgan fingerprint density at radius 2 is 2.15 bits per heavy atom. The summed E-state index contributed by atoms with van der Waals surface area (Å²) in [5.74, 6) is 0.335. The van der Waals surface area contributed by atoms with Gasteiger partial charge < -0.3 is 4.74 Å². The third-order valence-electron chi connectivity index (χ3n) is 2.87. The van der Waals surface area contributed by atoms with E-state index in [0.717, 1.165) is 18.8 Å². The number of carbonyl (C=O) groups is 1. The van der Waals surface area contributed by atoms with Gasteiger partial charge in [0, 0.05) is 6.54 Å². The van der Waals surface area contributed by atoms with Crippen LogP contribution < -0.4 is 0 Å². The molecule has 0 atom stereocenters. The Morgan fingerprint density at radius 1 is 1.35 bits per heavy atom. The highest BCUT2D eigenvalue weighted by atomic mass is 16.5. The van der Waals surface area contributed by atoms with Crippen LogP contribution in [0.15, 0.2) is 6.33 Å². The first kappa shape index (κ1) is 14.2. The second-order valence-electron chi connectivity index (χ2n) is 4.30. The van der Waals surface area contributed by atoms with Crippen molar-refractivity contribution in [3.05, 3.63) is 23.5 Å². The molecule has 0 saturated heterocycles. The zero-order chi connectivity index (χ0) is 14.5. The summed E-state index contributed by atoms with van der Waals surface area (Å²) in [5.41, 5.74) is 0.905. The average molecular weight is 278 g/mol. The second-order valence-corrected chi connectivity index (χ2v) is 4.30. The van der Waals surface area contributed by atoms with Crippen molar-refractivity contribution in [2.75, 3.05) is 6.61 Å². The minimum absolute atomic E-state index is 0.244. The largest absolute Gasteiger partial charge is 0.461 e. The molecule has 0 aromatic carbocycles. The molecule has 2 heterocycles. The van der Waals surface area contributed by atoms with Gasteiger partial charge in [-0.1, -0.05) is 12.1 Å². The normalized spacial score (nSPS) is 10.8. The molecule has 8 heteroatoms. The molecule has 0 fully saturated rings. The van der Waals surface area contributed by atoms with Crippen molar-refractivity contribution in [3.63, 3.8) is 0 Å². The smallest absolute Gasteiger partial charge is 0.360 e. The fourth-order valence-electron chi connectivity index (χ4n) is 1.84. The van der Waals surface area contributed by atoms with Crippen LogP contribution in [0.5, 0.6) is 0 Å². The molecule has 0 aliphatic carbocycles. The van der Waals surface area contributed by atoms with E-state index in [-0.39, 0.29) is 5.69 Å². The van der Waals surface area contributed by atoms with Gasteiger partial charge in [-0.3, -0.25) is 0 Å². The van der Waals surface area contributed by atoms with E-state index in [1.54, 1.807) is 18.5 Å². The number of aromatic nitrogens is 6. The Morgan fingerprint density at radius 3 is 2.85 bits per heavy atom. The van der Waals surface area contributed by atoms with Crippen molar-refractivity contribution in [2.45, 2.75) is 40.3 Å². The summed E-state index contributed by atoms with van der Waals surface area (Å²) >= 11 is 0. The Balaban J connectivity index is 2.18. The van der Waals surface area contributed by atoms with Gasteiger partial charge in [0.05, 0.1) is 12.3 Å². The zero-order valence-corrected chi connectivity index (χ0v) is 11.9. The average Bonchev–Trinajstić information content (AvgIpc) is 3.00. The van der Waals surface area contributed by atoms with Crippen LogP contribution in [0.25, 0.3) is 0 Å². The Labute approximate surface area is 116 Å². The molecule has 0 aliphatic rings. The molecule has 2 rings (SSSR count). The Kier molecular flexibility index (Phi) is 4.44. The van der Waals surface area contributed by atoms with Gasteiger partial charge in [0.2, 0.25) is 0 Å². The number of hydrogen-bond donors (Lipinski definition) is 0. The van der Waals surface area contributed by atoms with Crippen LogP contribution in [0.2, 0.25) is 0 Å². The molecule has 0 bridgehead atoms. The SMILES string of the molecule is CCCn1ncnc1Cn1nnc(C(=O)OCC)c1C. The maximum absolute atomic E-state index is 11.7. The van der Waals surface area contributed by atoms with Gasteiger partial charge in [0.1, 0.15) is 18.7 Å². The lowest BCUT2D eigenvalue weighted by Crippen LogP contribution is -2.13. The molecule has 0 radical (unpaired) electrons. The van der Waals surface area contributed by atoms with E-state index < -0.39 is 5.97 Å². The van der Waals surface area contributed by atoms with Crippen LogP contribution in [-0.2, 0) is 17.8 Å². The molecule has 20 heavy (non-hydrogen) atoms. The minimum Gasteiger partial charge on any atom is -0.461 e. The number of esters is 1. The molecular weight excluding hydrogens is 260 g/mol. The van der Waals surface area contributed by atoms with Crippen LogP contribution in [0.1, 0.15) is 42.3 Å². The monoisotopic (exact) mass is 278 g/mol. The molecule has 8 nitrogen and oxygen atoms in total. The van der Waals surface area contributed by atoms with E-state index in [0.29, 0.717) is 18.8 Å². The molecule has 0 saturated carbocycles. The fourth-order valence-corrected chi connectivity index (χ4v) is 1.84. The summed E-state index contributed by atoms with van der Waals surface area (Å²) in [6, 6.07) is 0. The summed E-state index contributed by atoms with van der Waals surface area (Å²) in [6.45, 7) is 7.16. The summed E-state index contributed by atoms with van der Waals surface area (Å²) in [5, 5.41) is 12.0. The standard InChI is InChI=1S/C12H18N6O2/c1-4-6-17-10(13-8-14-17)7-18-9(3)11(15-16-18)12(19)20-5-2/h8H,4-7H2,1-3H3. The lowest BCUT2D eigenvalue weighted by atomic mass is 10.3. The molecule has 108 valence electrons. The summed E-state index contributed by atoms with van der Waals surface area (Å²) < 4.78 is 8.38. The molecular formula is C12H18N6O2. The van der Waals surface area contributed by atoms with E-state index in [1.807, 2.05) is 4.68 Å². The number of aryl methyl sites for hydroxylation is 1. The molecule has 0 N–H and O–H groups in total. The summed E-state index contributed by atoms with van der Waals surface area (Å²) in [4.78, 5) is 15.9. The number of rotatable bonds is 6. The molecule has 0 aliphatic heterocycles. The maximum Gasteiger partial charge on any atom is 0.360 e. The van der Waals surface area contributed by atoms with Gasteiger partial charge in [-0.2, -0.15) is 5.10 Å². The van der Waals surface area contributed by atoms with Gasteiger partial charge in [0.15, 0.2) is 5.69 Å². The molecule has 0 spiro atoms. The first-order valence-corrected chi connectivity index (χ1v) is 6.61. The maximum atomic E-state index is 11.7. The highest BCUT2D eigenvalue weighted by Gasteiger charge is 2.18. The Hall–Kier alpha value is -2.25. The lowest BCUT2D eigenvalue weighted by Gasteiger charge is -2.05. The summed E-state index contributed by atoms with van der Waals surface area (Å²) in [7, 11) is 0. The van der Waals surface area contributed by atoms with E-state index in [2.05, 4.69) is 27.3 Å². The van der Waals surface area contributed by atoms with Gasteiger partial charge >= 0.3 is 5.97 Å². The van der Waals surface area contributed by atoms with Crippen molar-refractivity contribution < 1.29 is 9.53 Å². The van der Waals surface area contributed by atoms with Crippen molar-refractivity contribution in [1.82, 2.24) is 29.8 Å². The number of carbonyl (C=O) groups excluding carboxylic acids is 1. The highest BCUT2D eigenvalue weighted by Crippen LogP contribution is 2.08. The molecule has 0 unspecified atom stereocenters. The quantitative estimate of drug-likeness (QED) is 0.727. The topological polar surface area (TPSA) is 87.7 Å². The van der Waals surface area contributed by atoms with E-state index in [9.17, 15) is 4.79 Å². The molecule has 0 amide bonds. The lowest BCUT2D eigenvalue weighted by molar-refractivity contribution is 0.0518. The fraction of sp³-hybridized carbons (Fsp3) is 0.583. The Bertz CT molecular complexity index is 589. The first-order chi connectivity index (χ1) is 9.67. The number of ether oxygens (including phenoxy) is 1. The van der Waals surface area contributed by atoms with Crippen LogP contribution in [-0.4, -0.2) is 42.3 Å². The van der Waals surface area contributed by atoms with E-state index in [1.165, 1.54) is 6.33 Å². The minimum atomic E-state index is -0.453. The third kappa shape index (κ3) is 2.84. The van der Waals surface area contributed by atoms with E-state index in [4.69, 9.17) is 4.74 Å². The van der Waals surface area contributed by atoms with Crippen LogP contribution in [0.3, 0.4) is 0 Å². The molecule has 2 aromatic rings. The van der Waals surface area contributed by atoms with E-state index >= 15 is 0 Å². The van der Waals surface area contributed by atoms with Crippen molar-refractivity contribution in [2.24, 2.45) is 0 Å². The first-order valence-electron chi connectivity index (χ1n) is 6.61. The van der Waals surface area contributed by atoms with Crippen molar-refractivity contribution in [1.29, 1.82) is 0 Å². The number of nitrogens with zero attached hydrogens (tertiary/aromatic N) is 6. The predicted molar refractivity (Wildman–Crippen MR) is 70.1 cm³/mol. The van der Waals surface area contributed by atoms with Crippen molar-refractivity contribution in [3.8, 4) is 0 Å². The zero-order valence-electron chi connectivity index (χ0n) is 11.9. The number of hydrogen-bond acceptors (Lipinski definition) is 6. The van der Waals surface area contributed by atoms with Crippen LogP contribution >= 0.6 is 0 Å². The summed E-state index contributed by atoms with van der Waals surface area (Å²) in [6.07, 6.45) is 2.49. The van der Waals surface area contributed by atoms with Gasteiger partial charge in [0.25, 0.3) is 0 Å². The predicted octanol–water partition coefficient (Wildman–Crippen LogP) is 0.813. The van der Waals surface area contributed by atoms with Gasteiger partial charge in [-0.15, -0.1) is 5.10 Å². The van der Waals surface area contributed by atoms with Gasteiger partial charge in [-0.05, 0) is 20.3 Å². The second kappa shape index (κ2) is 6.27. The van der Waals surface area contributed by atoms with Crippen LogP contribution in [0.4, 0.5) is 0 Å². The van der Waals surface area contributed by atoms with Gasteiger partial charge in [-0.25, -0.2) is 19.1 Å². The highest BCUT2D eigenvalue weighted by molar-refractivity contribution is 5.88. The van der Waals surface area contributed by atoms with Crippen molar-refractivity contribution >= 4 is 5.97 Å².